The number of carbonyl (C=O) groups excluding carboxylic acids is 1. The number of piperidine rings is 1. The Balaban J connectivity index is 1.23. The average molecular weight is 528 g/mol. The fourth-order valence-corrected chi connectivity index (χ4v) is 4.79. The lowest BCUT2D eigenvalue weighted by molar-refractivity contribution is 0.101. The second-order valence-corrected chi connectivity index (χ2v) is 9.84. The smallest absolute Gasteiger partial charge is 0.319 e. The largest absolute Gasteiger partial charge is 0.489 e. The van der Waals surface area contributed by atoms with Crippen LogP contribution in [0.15, 0.2) is 54.7 Å². The average Bonchev–Trinajstić information content (AvgIpc) is 2.98. The Morgan fingerprint density at radius 2 is 1.82 bits per heavy atom. The second-order valence-electron chi connectivity index (χ2n) is 9.84. The summed E-state index contributed by atoms with van der Waals surface area (Å²) in [6.45, 7) is 4.55. The van der Waals surface area contributed by atoms with Gasteiger partial charge in [0.05, 0.1) is 24.5 Å². The van der Waals surface area contributed by atoms with Gasteiger partial charge in [0.1, 0.15) is 17.9 Å². The highest BCUT2D eigenvalue weighted by Gasteiger charge is 2.25. The molecule has 0 radical (unpaired) electrons. The first-order chi connectivity index (χ1) is 19.0. The zero-order valence-corrected chi connectivity index (χ0v) is 22.3. The van der Waals surface area contributed by atoms with E-state index in [0.29, 0.717) is 36.0 Å². The van der Waals surface area contributed by atoms with Crippen molar-refractivity contribution in [2.45, 2.75) is 18.9 Å². The summed E-state index contributed by atoms with van der Waals surface area (Å²) in [5.74, 6) is 1.02. The van der Waals surface area contributed by atoms with Crippen molar-refractivity contribution in [2.75, 3.05) is 63.7 Å². The molecule has 10 heteroatoms. The van der Waals surface area contributed by atoms with E-state index in [2.05, 4.69) is 38.4 Å². The highest BCUT2D eigenvalue weighted by Crippen LogP contribution is 2.29. The molecule has 2 fully saturated rings. The van der Waals surface area contributed by atoms with Crippen molar-refractivity contribution in [1.29, 1.82) is 5.26 Å². The van der Waals surface area contributed by atoms with Crippen molar-refractivity contribution < 1.29 is 14.3 Å². The van der Waals surface area contributed by atoms with Gasteiger partial charge in [-0.05, 0) is 48.5 Å². The Morgan fingerprint density at radius 1 is 1.08 bits per heavy atom. The molecule has 3 heterocycles. The normalized spacial score (nSPS) is 15.9. The fraction of sp³-hybridized carbons (Fsp3) is 0.379. The van der Waals surface area contributed by atoms with E-state index in [9.17, 15) is 10.1 Å². The van der Waals surface area contributed by atoms with Gasteiger partial charge in [-0.2, -0.15) is 5.26 Å². The Kier molecular flexibility index (Phi) is 8.08. The van der Waals surface area contributed by atoms with E-state index in [1.165, 1.54) is 0 Å². The van der Waals surface area contributed by atoms with Gasteiger partial charge in [0, 0.05) is 76.3 Å². The number of likely N-dealkylation sites (tertiary alicyclic amines) is 1. The number of hydrogen-bond acceptors (Lipinski definition) is 8. The van der Waals surface area contributed by atoms with Crippen molar-refractivity contribution in [3.63, 3.8) is 0 Å². The van der Waals surface area contributed by atoms with Gasteiger partial charge < -0.3 is 29.5 Å². The Labute approximate surface area is 228 Å². The quantitative estimate of drug-likeness (QED) is 0.510. The maximum Gasteiger partial charge on any atom is 0.319 e. The first kappa shape index (κ1) is 26.3. The molecule has 39 heavy (non-hydrogen) atoms. The third-order valence-corrected chi connectivity index (χ3v) is 6.94. The monoisotopic (exact) mass is 527 g/mol. The van der Waals surface area contributed by atoms with Gasteiger partial charge in [-0.15, -0.1) is 0 Å². The van der Waals surface area contributed by atoms with Crippen molar-refractivity contribution in [1.82, 2.24) is 19.8 Å². The van der Waals surface area contributed by atoms with Crippen molar-refractivity contribution in [2.24, 2.45) is 0 Å². The molecule has 2 saturated heterocycles. The van der Waals surface area contributed by atoms with Crippen molar-refractivity contribution in [3.05, 3.63) is 60.3 Å². The van der Waals surface area contributed by atoms with Gasteiger partial charge in [-0.25, -0.2) is 14.8 Å². The van der Waals surface area contributed by atoms with Crippen LogP contribution in [0.25, 0.3) is 11.3 Å². The molecular formula is C29H33N7O3. The van der Waals surface area contributed by atoms with E-state index < -0.39 is 0 Å². The number of ether oxygens (including phenoxy) is 2. The Morgan fingerprint density at radius 3 is 2.51 bits per heavy atom. The minimum absolute atomic E-state index is 0.0132. The number of anilines is 3. The van der Waals surface area contributed by atoms with E-state index in [0.717, 1.165) is 56.1 Å². The van der Waals surface area contributed by atoms with Crippen LogP contribution in [0.4, 0.5) is 22.1 Å². The molecule has 10 nitrogen and oxygen atoms in total. The van der Waals surface area contributed by atoms with Gasteiger partial charge in [0.2, 0.25) is 5.95 Å². The first-order valence-electron chi connectivity index (χ1n) is 13.2. The number of nitriles is 1. The van der Waals surface area contributed by atoms with Gasteiger partial charge in [-0.1, -0.05) is 0 Å². The standard InChI is InChI=1S/C29H33N7O3/c1-34(2)29(37)36-13-10-25(11-14-36)39-27-8-3-21(19-22(27)20-30)26-9-12-31-28(33-26)32-23-4-6-24(7-5-23)35-15-17-38-18-16-35/h3-9,12,19,25H,10-11,13-18H2,1-2H3,(H,31,32,33). The Bertz CT molecular complexity index is 1330. The third kappa shape index (κ3) is 6.38. The summed E-state index contributed by atoms with van der Waals surface area (Å²) in [7, 11) is 3.51. The molecule has 0 bridgehead atoms. The predicted molar refractivity (Wildman–Crippen MR) is 149 cm³/mol. The van der Waals surface area contributed by atoms with Gasteiger partial charge in [-0.3, -0.25) is 0 Å². The lowest BCUT2D eigenvalue weighted by Gasteiger charge is -2.33. The highest BCUT2D eigenvalue weighted by molar-refractivity contribution is 5.74. The number of morpholine rings is 1. The summed E-state index contributed by atoms with van der Waals surface area (Å²) in [5, 5.41) is 13.1. The van der Waals surface area contributed by atoms with Crippen LogP contribution in [0.2, 0.25) is 0 Å². The molecule has 2 amide bonds. The molecule has 0 saturated carbocycles. The number of rotatable bonds is 6. The van der Waals surface area contributed by atoms with Crippen LogP contribution >= 0.6 is 0 Å². The molecule has 0 unspecified atom stereocenters. The molecule has 3 aromatic rings. The molecule has 2 aliphatic rings. The molecule has 0 aliphatic carbocycles. The zero-order valence-electron chi connectivity index (χ0n) is 22.3. The first-order valence-corrected chi connectivity index (χ1v) is 13.2. The van der Waals surface area contributed by atoms with Crippen LogP contribution in [0.5, 0.6) is 5.75 Å². The number of carbonyl (C=O) groups is 1. The summed E-state index contributed by atoms with van der Waals surface area (Å²) < 4.78 is 11.6. The number of amides is 2. The minimum Gasteiger partial charge on any atom is -0.489 e. The van der Waals surface area contributed by atoms with E-state index in [-0.39, 0.29) is 12.1 Å². The van der Waals surface area contributed by atoms with E-state index in [4.69, 9.17) is 9.47 Å². The van der Waals surface area contributed by atoms with Crippen LogP contribution < -0.4 is 15.0 Å². The predicted octanol–water partition coefficient (Wildman–Crippen LogP) is 4.12. The molecule has 0 spiro atoms. The lowest BCUT2D eigenvalue weighted by Crippen LogP contribution is -2.46. The number of urea groups is 1. The molecular weight excluding hydrogens is 494 g/mol. The van der Waals surface area contributed by atoms with E-state index in [1.807, 2.05) is 35.2 Å². The van der Waals surface area contributed by atoms with Crippen LogP contribution in [0.3, 0.4) is 0 Å². The maximum atomic E-state index is 12.2. The highest BCUT2D eigenvalue weighted by atomic mass is 16.5. The molecule has 2 aromatic carbocycles. The maximum absolute atomic E-state index is 12.2. The van der Waals surface area contributed by atoms with Gasteiger partial charge in [0.15, 0.2) is 0 Å². The fourth-order valence-electron chi connectivity index (χ4n) is 4.79. The summed E-state index contributed by atoms with van der Waals surface area (Å²) in [6, 6.07) is 17.8. The second kappa shape index (κ2) is 12.0. The van der Waals surface area contributed by atoms with E-state index >= 15 is 0 Å². The molecule has 1 aromatic heterocycles. The molecule has 202 valence electrons. The van der Waals surface area contributed by atoms with Gasteiger partial charge >= 0.3 is 6.03 Å². The number of hydrogen-bond donors (Lipinski definition) is 1. The third-order valence-electron chi connectivity index (χ3n) is 6.94. The van der Waals surface area contributed by atoms with E-state index in [1.54, 1.807) is 31.3 Å². The Hall–Kier alpha value is -4.36. The molecule has 1 N–H and O–H groups in total. The topological polar surface area (TPSA) is 107 Å². The van der Waals surface area contributed by atoms with Crippen LogP contribution in [-0.2, 0) is 4.74 Å². The zero-order chi connectivity index (χ0) is 27.2. The molecule has 5 rings (SSSR count). The number of nitrogens with zero attached hydrogens (tertiary/aromatic N) is 6. The SMILES string of the molecule is CN(C)C(=O)N1CCC(Oc2ccc(-c3ccnc(Nc4ccc(N5CCOCC5)cc4)n3)cc2C#N)CC1. The summed E-state index contributed by atoms with van der Waals surface area (Å²) in [5.41, 5.74) is 4.02. The van der Waals surface area contributed by atoms with Crippen molar-refractivity contribution >= 4 is 23.4 Å². The molecule has 0 atom stereocenters. The number of nitrogens with one attached hydrogen (secondary N) is 1. The van der Waals surface area contributed by atoms with Gasteiger partial charge in [0.25, 0.3) is 0 Å². The summed E-state index contributed by atoms with van der Waals surface area (Å²) in [4.78, 5) is 26.9. The van der Waals surface area contributed by atoms with Crippen molar-refractivity contribution in [3.8, 4) is 23.1 Å². The summed E-state index contributed by atoms with van der Waals surface area (Å²) in [6.07, 6.45) is 3.10. The summed E-state index contributed by atoms with van der Waals surface area (Å²) >= 11 is 0. The molecule has 2 aliphatic heterocycles. The van der Waals surface area contributed by atoms with Crippen LogP contribution in [0, 0.1) is 11.3 Å². The number of aromatic nitrogens is 2. The van der Waals surface area contributed by atoms with Crippen LogP contribution in [-0.4, -0.2) is 85.4 Å². The van der Waals surface area contributed by atoms with Crippen LogP contribution in [0.1, 0.15) is 18.4 Å². The number of benzene rings is 2. The minimum atomic E-state index is -0.0429. The lowest BCUT2D eigenvalue weighted by atomic mass is 10.1.